The van der Waals surface area contributed by atoms with Crippen molar-refractivity contribution in [3.63, 3.8) is 0 Å². The van der Waals surface area contributed by atoms with Crippen LogP contribution >= 0.6 is 11.6 Å². The molecule has 1 saturated heterocycles. The molecule has 1 amide bonds. The van der Waals surface area contributed by atoms with Gasteiger partial charge in [-0.1, -0.05) is 49.7 Å². The molecule has 1 heterocycles. The molecule has 0 aliphatic carbocycles. The Bertz CT molecular complexity index is 1030. The predicted octanol–water partition coefficient (Wildman–Crippen LogP) is 6.53. The molecule has 0 N–H and O–H groups in total. The number of hydrogen-bond donors (Lipinski definition) is 0. The number of nitrogens with zero attached hydrogens (tertiary/aromatic N) is 2. The Balaban J connectivity index is 1.82. The standard InChI is InChI=1S/C26H28ClF3N2O/c1-17(2)25(33)32-12-11-22(16-32)19(9-7-18-8-10-21(15-31)24(27)13-18)14-20-5-3-4-6-23(20)26(28,29)30/h3-6,8,10,13,17,19,22H,7,9,11-12,14,16H2,1-2H3. The number of aryl methyl sites for hydroxylation is 1. The van der Waals surface area contributed by atoms with E-state index in [-0.39, 0.29) is 23.7 Å². The van der Waals surface area contributed by atoms with Gasteiger partial charge in [0.15, 0.2) is 0 Å². The van der Waals surface area contributed by atoms with Gasteiger partial charge in [0.05, 0.1) is 16.1 Å². The minimum Gasteiger partial charge on any atom is -0.342 e. The molecule has 2 aromatic rings. The molecule has 3 rings (SSSR count). The SMILES string of the molecule is CC(C)C(=O)N1CCC(C(CCc2ccc(C#N)c(Cl)c2)Cc2ccccc2C(F)(F)F)C1. The number of hydrogen-bond acceptors (Lipinski definition) is 2. The molecular weight excluding hydrogens is 449 g/mol. The van der Waals surface area contributed by atoms with Gasteiger partial charge < -0.3 is 4.90 Å². The van der Waals surface area contributed by atoms with Crippen LogP contribution in [0.25, 0.3) is 0 Å². The van der Waals surface area contributed by atoms with Crippen molar-refractivity contribution >= 4 is 17.5 Å². The second kappa shape index (κ2) is 10.6. The predicted molar refractivity (Wildman–Crippen MR) is 123 cm³/mol. The van der Waals surface area contributed by atoms with E-state index >= 15 is 0 Å². The monoisotopic (exact) mass is 476 g/mol. The van der Waals surface area contributed by atoms with E-state index in [0.717, 1.165) is 18.1 Å². The van der Waals surface area contributed by atoms with Crippen LogP contribution in [0.1, 0.15) is 48.9 Å². The number of carbonyl (C=O) groups is 1. The van der Waals surface area contributed by atoms with Gasteiger partial charge in [0.2, 0.25) is 5.91 Å². The largest absolute Gasteiger partial charge is 0.416 e. The van der Waals surface area contributed by atoms with Crippen LogP contribution in [0.15, 0.2) is 42.5 Å². The van der Waals surface area contributed by atoms with Crippen LogP contribution in [0.4, 0.5) is 13.2 Å². The van der Waals surface area contributed by atoms with Crippen LogP contribution in [0.3, 0.4) is 0 Å². The third-order valence-corrected chi connectivity index (χ3v) is 6.77. The molecule has 0 bridgehead atoms. The summed E-state index contributed by atoms with van der Waals surface area (Å²) in [4.78, 5) is 14.3. The van der Waals surface area contributed by atoms with Gasteiger partial charge in [-0.15, -0.1) is 0 Å². The molecule has 33 heavy (non-hydrogen) atoms. The van der Waals surface area contributed by atoms with E-state index in [1.165, 1.54) is 6.07 Å². The maximum Gasteiger partial charge on any atom is 0.416 e. The topological polar surface area (TPSA) is 44.1 Å². The Labute approximate surface area is 198 Å². The second-order valence-electron chi connectivity index (χ2n) is 9.07. The Morgan fingerprint density at radius 1 is 1.24 bits per heavy atom. The highest BCUT2D eigenvalue weighted by molar-refractivity contribution is 6.31. The quantitative estimate of drug-likeness (QED) is 0.456. The zero-order valence-electron chi connectivity index (χ0n) is 18.8. The van der Waals surface area contributed by atoms with E-state index in [1.54, 1.807) is 24.3 Å². The highest BCUT2D eigenvalue weighted by Crippen LogP contribution is 2.37. The summed E-state index contributed by atoms with van der Waals surface area (Å²) in [6.45, 7) is 4.94. The van der Waals surface area contributed by atoms with E-state index in [9.17, 15) is 18.0 Å². The molecule has 2 aromatic carbocycles. The first kappa shape index (κ1) is 25.1. The molecular formula is C26H28ClF3N2O. The molecule has 1 aliphatic rings. The molecule has 2 atom stereocenters. The van der Waals surface area contributed by atoms with E-state index in [0.29, 0.717) is 48.5 Å². The van der Waals surface area contributed by atoms with Gasteiger partial charge in [0.1, 0.15) is 6.07 Å². The molecule has 1 fully saturated rings. The van der Waals surface area contributed by atoms with Crippen LogP contribution in [-0.2, 0) is 23.8 Å². The van der Waals surface area contributed by atoms with Gasteiger partial charge in [-0.3, -0.25) is 4.79 Å². The van der Waals surface area contributed by atoms with Crippen molar-refractivity contribution in [2.45, 2.75) is 45.7 Å². The summed E-state index contributed by atoms with van der Waals surface area (Å²) in [5.74, 6) is 0.0930. The number of alkyl halides is 3. The average molecular weight is 477 g/mol. The number of rotatable bonds is 7. The first-order chi connectivity index (χ1) is 15.6. The van der Waals surface area contributed by atoms with Gasteiger partial charge >= 0.3 is 6.18 Å². The third kappa shape index (κ3) is 6.29. The van der Waals surface area contributed by atoms with Crippen molar-refractivity contribution in [2.24, 2.45) is 17.8 Å². The number of carbonyl (C=O) groups excluding carboxylic acids is 1. The summed E-state index contributed by atoms with van der Waals surface area (Å²) in [7, 11) is 0. The molecule has 7 heteroatoms. The highest BCUT2D eigenvalue weighted by Gasteiger charge is 2.36. The molecule has 1 aliphatic heterocycles. The van der Waals surface area contributed by atoms with Crippen LogP contribution in [-0.4, -0.2) is 23.9 Å². The number of amides is 1. The number of nitriles is 1. The minimum absolute atomic E-state index is 0.0205. The Morgan fingerprint density at radius 2 is 1.97 bits per heavy atom. The van der Waals surface area contributed by atoms with Gasteiger partial charge in [0.25, 0.3) is 0 Å². The maximum absolute atomic E-state index is 13.6. The fraction of sp³-hybridized carbons (Fsp3) is 0.462. The molecule has 0 radical (unpaired) electrons. The van der Waals surface area contributed by atoms with Crippen LogP contribution in [0.5, 0.6) is 0 Å². The van der Waals surface area contributed by atoms with Gasteiger partial charge in [-0.05, 0) is 66.8 Å². The Kier molecular flexibility index (Phi) is 8.07. The lowest BCUT2D eigenvalue weighted by molar-refractivity contribution is -0.138. The van der Waals surface area contributed by atoms with Crippen LogP contribution < -0.4 is 0 Å². The molecule has 2 unspecified atom stereocenters. The second-order valence-corrected chi connectivity index (χ2v) is 9.48. The van der Waals surface area contributed by atoms with Crippen LogP contribution in [0, 0.1) is 29.1 Å². The summed E-state index contributed by atoms with van der Waals surface area (Å²) in [6.07, 6.45) is -2.02. The number of halogens is 4. The Morgan fingerprint density at radius 3 is 2.61 bits per heavy atom. The lowest BCUT2D eigenvalue weighted by Gasteiger charge is -2.26. The number of benzene rings is 2. The van der Waals surface area contributed by atoms with Crippen molar-refractivity contribution in [1.29, 1.82) is 5.26 Å². The fourth-order valence-electron chi connectivity index (χ4n) is 4.66. The first-order valence-electron chi connectivity index (χ1n) is 11.2. The lowest BCUT2D eigenvalue weighted by Crippen LogP contribution is -2.33. The van der Waals surface area contributed by atoms with Gasteiger partial charge in [-0.25, -0.2) is 0 Å². The molecule has 0 saturated carbocycles. The van der Waals surface area contributed by atoms with Crippen molar-refractivity contribution in [3.05, 3.63) is 69.7 Å². The lowest BCUT2D eigenvalue weighted by atomic mass is 9.81. The molecule has 0 aromatic heterocycles. The zero-order valence-corrected chi connectivity index (χ0v) is 19.6. The van der Waals surface area contributed by atoms with E-state index in [2.05, 4.69) is 0 Å². The van der Waals surface area contributed by atoms with Crippen molar-refractivity contribution in [2.75, 3.05) is 13.1 Å². The van der Waals surface area contributed by atoms with Crippen LogP contribution in [0.2, 0.25) is 5.02 Å². The minimum atomic E-state index is -4.41. The fourth-order valence-corrected chi connectivity index (χ4v) is 4.90. The summed E-state index contributed by atoms with van der Waals surface area (Å²) in [6, 6.07) is 13.1. The van der Waals surface area contributed by atoms with E-state index in [1.807, 2.05) is 30.9 Å². The summed E-state index contributed by atoms with van der Waals surface area (Å²) in [5, 5.41) is 9.46. The van der Waals surface area contributed by atoms with Crippen molar-refractivity contribution in [3.8, 4) is 6.07 Å². The third-order valence-electron chi connectivity index (χ3n) is 6.46. The smallest absolute Gasteiger partial charge is 0.342 e. The molecule has 3 nitrogen and oxygen atoms in total. The van der Waals surface area contributed by atoms with E-state index < -0.39 is 11.7 Å². The van der Waals surface area contributed by atoms with Crippen molar-refractivity contribution in [1.82, 2.24) is 4.90 Å². The Hall–Kier alpha value is -2.52. The highest BCUT2D eigenvalue weighted by atomic mass is 35.5. The first-order valence-corrected chi connectivity index (χ1v) is 11.6. The van der Waals surface area contributed by atoms with Gasteiger partial charge in [0, 0.05) is 19.0 Å². The van der Waals surface area contributed by atoms with Crippen molar-refractivity contribution < 1.29 is 18.0 Å². The number of likely N-dealkylation sites (tertiary alicyclic amines) is 1. The maximum atomic E-state index is 13.6. The molecule has 176 valence electrons. The average Bonchev–Trinajstić information content (AvgIpc) is 3.25. The van der Waals surface area contributed by atoms with E-state index in [4.69, 9.17) is 16.9 Å². The van der Waals surface area contributed by atoms with Gasteiger partial charge in [-0.2, -0.15) is 18.4 Å². The zero-order chi connectivity index (χ0) is 24.2. The summed E-state index contributed by atoms with van der Waals surface area (Å²) >= 11 is 6.16. The molecule has 0 spiro atoms. The summed E-state index contributed by atoms with van der Waals surface area (Å²) < 4.78 is 40.8. The summed E-state index contributed by atoms with van der Waals surface area (Å²) in [5.41, 5.74) is 1.04. The normalized spacial score (nSPS) is 17.3.